The van der Waals surface area contributed by atoms with Crippen molar-refractivity contribution in [3.8, 4) is 0 Å². The monoisotopic (exact) mass is 74.1 g/mol. The fourth-order valence-corrected chi connectivity index (χ4v) is 0. The van der Waals surface area contributed by atoms with E-state index < -0.39 is 0 Å². The van der Waals surface area contributed by atoms with Gasteiger partial charge in [-0.05, 0) is 5.92 Å². The van der Waals surface area contributed by atoms with Crippen LogP contribution in [0.5, 0.6) is 0 Å². The average Bonchev–Trinajstić information content (AvgIpc) is 0.811. The molecule has 0 unspecified atom stereocenters. The van der Waals surface area contributed by atoms with Gasteiger partial charge in [-0.3, -0.25) is 0 Å². The van der Waals surface area contributed by atoms with Crippen molar-refractivity contribution in [3.05, 3.63) is 5.92 Å². The molecule has 0 aromatic carbocycles. The summed E-state index contributed by atoms with van der Waals surface area (Å²) in [5.41, 5.74) is 0. The predicted octanol–water partition coefficient (Wildman–Crippen LogP) is 1.78. The van der Waals surface area contributed by atoms with Crippen molar-refractivity contribution in [1.29, 1.82) is 0 Å². The van der Waals surface area contributed by atoms with Crippen LogP contribution in [0.15, 0.2) is 0 Å². The summed E-state index contributed by atoms with van der Waals surface area (Å²) in [7, 11) is 0. The quantitative estimate of drug-likeness (QED) is 0.467. The van der Waals surface area contributed by atoms with Crippen LogP contribution in [0.4, 0.5) is 0 Å². The first-order valence-electron chi connectivity index (χ1n) is 1.50. The molecular formula is C4H12N. The molecule has 1 radical (unpaired) electrons. The molecule has 0 bridgehead atoms. The zero-order valence-electron chi connectivity index (χ0n) is 4.21. The van der Waals surface area contributed by atoms with Crippen LogP contribution >= 0.6 is 0 Å². The summed E-state index contributed by atoms with van der Waals surface area (Å²) in [6.07, 6.45) is 0. The molecule has 1 heteroatoms. The van der Waals surface area contributed by atoms with Crippen molar-refractivity contribution in [2.75, 3.05) is 0 Å². The standard InChI is InChI=1S/C4H9.H3N/c1-4(2)3;/h1-3H3;1H3. The van der Waals surface area contributed by atoms with Gasteiger partial charge in [-0.1, -0.05) is 20.8 Å². The van der Waals surface area contributed by atoms with E-state index in [0.29, 0.717) is 0 Å². The van der Waals surface area contributed by atoms with Crippen LogP contribution in [0.3, 0.4) is 0 Å². The molecule has 0 aliphatic heterocycles. The Balaban J connectivity index is 0. The van der Waals surface area contributed by atoms with Crippen molar-refractivity contribution in [2.45, 2.75) is 20.8 Å². The molecule has 0 saturated carbocycles. The number of rotatable bonds is 0. The summed E-state index contributed by atoms with van der Waals surface area (Å²) in [6, 6.07) is 0. The van der Waals surface area contributed by atoms with E-state index in [1.165, 1.54) is 5.92 Å². The first-order chi connectivity index (χ1) is 1.73. The van der Waals surface area contributed by atoms with E-state index in [9.17, 15) is 0 Å². The largest absolute Gasteiger partial charge is 0.344 e. The maximum Gasteiger partial charge on any atom is -0.0334 e. The molecule has 0 aliphatic rings. The summed E-state index contributed by atoms with van der Waals surface area (Å²) in [5.74, 6) is 1.42. The van der Waals surface area contributed by atoms with E-state index in [4.69, 9.17) is 0 Å². The Morgan fingerprint density at radius 1 is 1.00 bits per heavy atom. The lowest BCUT2D eigenvalue weighted by atomic mass is 10.3. The van der Waals surface area contributed by atoms with Gasteiger partial charge in [-0.25, -0.2) is 0 Å². The Kier molecular flexibility index (Phi) is 7.03. The molecular weight excluding hydrogens is 62.1 g/mol. The van der Waals surface area contributed by atoms with E-state index in [1.54, 1.807) is 0 Å². The third-order valence-electron chi connectivity index (χ3n) is 0. The maximum absolute atomic E-state index is 2.08. The second kappa shape index (κ2) is 3.96. The van der Waals surface area contributed by atoms with E-state index in [-0.39, 0.29) is 6.15 Å². The Hall–Kier alpha value is -0.0400. The minimum absolute atomic E-state index is 0. The second-order valence-corrected chi connectivity index (χ2v) is 1.50. The third kappa shape index (κ3) is 9510. The van der Waals surface area contributed by atoms with E-state index in [0.717, 1.165) is 0 Å². The lowest BCUT2D eigenvalue weighted by Gasteiger charge is -1.78. The first kappa shape index (κ1) is 8.88. The van der Waals surface area contributed by atoms with Gasteiger partial charge in [0.15, 0.2) is 0 Å². The highest BCUT2D eigenvalue weighted by Crippen LogP contribution is 1.85. The number of hydrogen-bond donors (Lipinski definition) is 1. The SMILES string of the molecule is C[C](C)C.N. The van der Waals surface area contributed by atoms with Crippen LogP contribution in [-0.2, 0) is 0 Å². The van der Waals surface area contributed by atoms with Gasteiger partial charge >= 0.3 is 0 Å². The molecule has 5 heavy (non-hydrogen) atoms. The minimum atomic E-state index is 0. The number of hydrogen-bond acceptors (Lipinski definition) is 1. The van der Waals surface area contributed by atoms with Crippen LogP contribution in [-0.4, -0.2) is 0 Å². The highest BCUT2D eigenvalue weighted by Gasteiger charge is 1.69. The molecule has 0 aliphatic carbocycles. The molecule has 3 N–H and O–H groups in total. The lowest BCUT2D eigenvalue weighted by molar-refractivity contribution is 1.10. The summed E-state index contributed by atoms with van der Waals surface area (Å²) >= 11 is 0. The van der Waals surface area contributed by atoms with Crippen LogP contribution in [0, 0.1) is 5.92 Å². The van der Waals surface area contributed by atoms with Crippen molar-refractivity contribution in [1.82, 2.24) is 6.15 Å². The zero-order valence-corrected chi connectivity index (χ0v) is 4.21. The Bertz CT molecular complexity index is 8.36. The van der Waals surface area contributed by atoms with E-state index >= 15 is 0 Å². The molecule has 0 fully saturated rings. The summed E-state index contributed by atoms with van der Waals surface area (Å²) in [6.45, 7) is 6.25. The molecule has 0 spiro atoms. The van der Waals surface area contributed by atoms with E-state index in [2.05, 4.69) is 20.8 Å². The van der Waals surface area contributed by atoms with Crippen LogP contribution < -0.4 is 6.15 Å². The smallest absolute Gasteiger partial charge is 0.0334 e. The van der Waals surface area contributed by atoms with Crippen molar-refractivity contribution < 1.29 is 0 Å². The molecule has 1 nitrogen and oxygen atoms in total. The fraction of sp³-hybridized carbons (Fsp3) is 0.750. The summed E-state index contributed by atoms with van der Waals surface area (Å²) < 4.78 is 0. The topological polar surface area (TPSA) is 35.0 Å². The molecule has 0 amide bonds. The fourth-order valence-electron chi connectivity index (χ4n) is 0. The molecule has 0 aromatic rings. The predicted molar refractivity (Wildman–Crippen MR) is 25.3 cm³/mol. The second-order valence-electron chi connectivity index (χ2n) is 1.50. The minimum Gasteiger partial charge on any atom is -0.344 e. The van der Waals surface area contributed by atoms with Gasteiger partial charge in [0, 0.05) is 0 Å². The third-order valence-corrected chi connectivity index (χ3v) is 0. The average molecular weight is 74.1 g/mol. The normalized spacial score (nSPS) is 7.20. The van der Waals surface area contributed by atoms with Crippen LogP contribution in [0.2, 0.25) is 0 Å². The first-order valence-corrected chi connectivity index (χ1v) is 1.50. The maximum atomic E-state index is 2.08. The molecule has 0 rings (SSSR count). The van der Waals surface area contributed by atoms with Crippen molar-refractivity contribution in [2.24, 2.45) is 0 Å². The molecule has 0 heterocycles. The van der Waals surface area contributed by atoms with E-state index in [1.807, 2.05) is 0 Å². The Morgan fingerprint density at radius 2 is 1.00 bits per heavy atom. The van der Waals surface area contributed by atoms with Gasteiger partial charge in [0.05, 0.1) is 0 Å². The van der Waals surface area contributed by atoms with Crippen molar-refractivity contribution >= 4 is 0 Å². The lowest BCUT2D eigenvalue weighted by Crippen LogP contribution is -1.62. The zero-order chi connectivity index (χ0) is 3.58. The van der Waals surface area contributed by atoms with Gasteiger partial charge in [0.25, 0.3) is 0 Å². The molecule has 0 saturated heterocycles. The molecule has 0 aromatic heterocycles. The Labute approximate surface area is 34.0 Å². The van der Waals surface area contributed by atoms with Crippen molar-refractivity contribution in [3.63, 3.8) is 0 Å². The summed E-state index contributed by atoms with van der Waals surface area (Å²) in [4.78, 5) is 0. The van der Waals surface area contributed by atoms with Gasteiger partial charge < -0.3 is 6.15 Å². The van der Waals surface area contributed by atoms with Gasteiger partial charge in [-0.2, -0.15) is 0 Å². The molecule has 0 atom stereocenters. The van der Waals surface area contributed by atoms with Crippen LogP contribution in [0.1, 0.15) is 20.8 Å². The molecule has 33 valence electrons. The highest BCUT2D eigenvalue weighted by atomic mass is 14.0. The van der Waals surface area contributed by atoms with Crippen LogP contribution in [0.25, 0.3) is 0 Å². The van der Waals surface area contributed by atoms with Gasteiger partial charge in [0.2, 0.25) is 0 Å². The van der Waals surface area contributed by atoms with Gasteiger partial charge in [0.1, 0.15) is 0 Å². The van der Waals surface area contributed by atoms with Gasteiger partial charge in [-0.15, -0.1) is 0 Å². The highest BCUT2D eigenvalue weighted by molar-refractivity contribution is 4.64. The Morgan fingerprint density at radius 3 is 1.00 bits per heavy atom. The summed E-state index contributed by atoms with van der Waals surface area (Å²) in [5, 5.41) is 0.